The van der Waals surface area contributed by atoms with Crippen LogP contribution in [0.3, 0.4) is 0 Å². The molecule has 0 saturated carbocycles. The summed E-state index contributed by atoms with van der Waals surface area (Å²) in [4.78, 5) is 12.7. The molecule has 0 aromatic heterocycles. The van der Waals surface area contributed by atoms with Crippen LogP contribution in [0, 0.1) is 5.41 Å². The van der Waals surface area contributed by atoms with Gasteiger partial charge in [0.1, 0.15) is 0 Å². The maximum Gasteiger partial charge on any atom is 0.0900 e. The Hall–Kier alpha value is -0.740. The van der Waals surface area contributed by atoms with E-state index in [4.69, 9.17) is 0 Å². The van der Waals surface area contributed by atoms with Crippen LogP contribution in [0.4, 0.5) is 0 Å². The van der Waals surface area contributed by atoms with Gasteiger partial charge >= 0.3 is 0 Å². The summed E-state index contributed by atoms with van der Waals surface area (Å²) in [7, 11) is 8.02. The van der Waals surface area contributed by atoms with E-state index in [1.165, 1.54) is 0 Å². The molecular formula is C11H24N4. The van der Waals surface area contributed by atoms with Crippen LogP contribution in [0.15, 0.2) is 9.98 Å². The summed E-state index contributed by atoms with van der Waals surface area (Å²) in [6.45, 7) is 5.66. The van der Waals surface area contributed by atoms with Gasteiger partial charge in [-0.3, -0.25) is 19.8 Å². The van der Waals surface area contributed by atoms with Gasteiger partial charge in [-0.05, 0) is 42.0 Å². The van der Waals surface area contributed by atoms with Gasteiger partial charge in [-0.1, -0.05) is 0 Å². The predicted octanol–water partition coefficient (Wildman–Crippen LogP) is 1.19. The molecule has 0 atom stereocenters. The largest absolute Gasteiger partial charge is 0.291 e. The van der Waals surface area contributed by atoms with Crippen molar-refractivity contribution in [2.24, 2.45) is 15.4 Å². The van der Waals surface area contributed by atoms with E-state index in [0.717, 1.165) is 13.3 Å². The second-order valence-electron chi connectivity index (χ2n) is 4.89. The molecule has 0 bridgehead atoms. The second-order valence-corrected chi connectivity index (χ2v) is 4.89. The second kappa shape index (κ2) is 6.69. The molecule has 0 aliphatic heterocycles. The highest BCUT2D eigenvalue weighted by atomic mass is 15.1. The highest BCUT2D eigenvalue weighted by molar-refractivity contribution is 5.87. The average Bonchev–Trinajstić information content (AvgIpc) is 2.01. The fraction of sp³-hybridized carbons (Fsp3) is 0.818. The van der Waals surface area contributed by atoms with Crippen molar-refractivity contribution < 1.29 is 0 Å². The summed E-state index contributed by atoms with van der Waals surface area (Å²) in [5.74, 6) is 0. The van der Waals surface area contributed by atoms with Gasteiger partial charge in [-0.25, -0.2) is 0 Å². The quantitative estimate of drug-likeness (QED) is 0.619. The first-order chi connectivity index (χ1) is 6.83. The Bertz CT molecular complexity index is 195. The van der Waals surface area contributed by atoms with Gasteiger partial charge in [0.25, 0.3) is 0 Å². The Morgan fingerprint density at radius 2 is 1.20 bits per heavy atom. The van der Waals surface area contributed by atoms with E-state index in [1.807, 2.05) is 50.4 Å². The van der Waals surface area contributed by atoms with Crippen molar-refractivity contribution in [1.29, 1.82) is 0 Å². The standard InChI is InChI=1S/C11H24N4/c1-11(2,7-12-9-14(3)4)8-13-10-15(5)6/h7-8H,9-10H2,1-6H3/b12-7+,13-8+. The zero-order valence-corrected chi connectivity index (χ0v) is 10.9. The van der Waals surface area contributed by atoms with Crippen molar-refractivity contribution in [1.82, 2.24) is 9.80 Å². The van der Waals surface area contributed by atoms with Crippen LogP contribution in [-0.2, 0) is 0 Å². The number of aliphatic imine (C=N–C) groups is 2. The van der Waals surface area contributed by atoms with Gasteiger partial charge in [0.2, 0.25) is 0 Å². The third-order valence-electron chi connectivity index (χ3n) is 1.58. The number of nitrogens with zero attached hydrogens (tertiary/aromatic N) is 4. The van der Waals surface area contributed by atoms with Crippen molar-refractivity contribution in [2.75, 3.05) is 41.5 Å². The predicted molar refractivity (Wildman–Crippen MR) is 67.9 cm³/mol. The van der Waals surface area contributed by atoms with Gasteiger partial charge in [0.15, 0.2) is 0 Å². The van der Waals surface area contributed by atoms with E-state index in [1.54, 1.807) is 0 Å². The van der Waals surface area contributed by atoms with E-state index >= 15 is 0 Å². The minimum Gasteiger partial charge on any atom is -0.291 e. The highest BCUT2D eigenvalue weighted by Gasteiger charge is 2.10. The highest BCUT2D eigenvalue weighted by Crippen LogP contribution is 2.07. The molecule has 0 rings (SSSR count). The van der Waals surface area contributed by atoms with Crippen LogP contribution >= 0.6 is 0 Å². The van der Waals surface area contributed by atoms with Gasteiger partial charge in [-0.2, -0.15) is 0 Å². The lowest BCUT2D eigenvalue weighted by Gasteiger charge is -2.14. The summed E-state index contributed by atoms with van der Waals surface area (Å²) < 4.78 is 0. The summed E-state index contributed by atoms with van der Waals surface area (Å²) in [5, 5.41) is 0. The summed E-state index contributed by atoms with van der Waals surface area (Å²) in [6.07, 6.45) is 3.90. The first kappa shape index (κ1) is 14.3. The lowest BCUT2D eigenvalue weighted by atomic mass is 9.97. The Kier molecular flexibility index (Phi) is 6.36. The number of hydrogen-bond donors (Lipinski definition) is 0. The van der Waals surface area contributed by atoms with E-state index in [2.05, 4.69) is 23.8 Å². The topological polar surface area (TPSA) is 31.2 Å². The Morgan fingerprint density at radius 1 is 0.867 bits per heavy atom. The fourth-order valence-electron chi connectivity index (χ4n) is 0.912. The molecule has 0 unspecified atom stereocenters. The van der Waals surface area contributed by atoms with Crippen LogP contribution < -0.4 is 0 Å². The molecule has 0 aliphatic carbocycles. The van der Waals surface area contributed by atoms with Gasteiger partial charge in [-0.15, -0.1) is 0 Å². The Morgan fingerprint density at radius 3 is 1.47 bits per heavy atom. The maximum atomic E-state index is 4.34. The number of hydrogen-bond acceptors (Lipinski definition) is 4. The summed E-state index contributed by atoms with van der Waals surface area (Å²) in [6, 6.07) is 0. The van der Waals surface area contributed by atoms with Gasteiger partial charge < -0.3 is 0 Å². The molecular weight excluding hydrogens is 188 g/mol. The van der Waals surface area contributed by atoms with Crippen LogP contribution in [0.2, 0.25) is 0 Å². The Balaban J connectivity index is 4.05. The molecule has 0 aliphatic rings. The van der Waals surface area contributed by atoms with E-state index in [9.17, 15) is 0 Å². The number of rotatable bonds is 6. The van der Waals surface area contributed by atoms with E-state index in [0.29, 0.717) is 0 Å². The molecule has 0 fully saturated rings. The summed E-state index contributed by atoms with van der Waals surface area (Å²) >= 11 is 0. The van der Waals surface area contributed by atoms with Crippen LogP contribution in [0.5, 0.6) is 0 Å². The van der Waals surface area contributed by atoms with Gasteiger partial charge in [0.05, 0.1) is 13.3 Å². The van der Waals surface area contributed by atoms with Crippen molar-refractivity contribution >= 4 is 12.4 Å². The van der Waals surface area contributed by atoms with E-state index in [-0.39, 0.29) is 5.41 Å². The van der Waals surface area contributed by atoms with Crippen molar-refractivity contribution in [3.8, 4) is 0 Å². The maximum absolute atomic E-state index is 4.34. The minimum atomic E-state index is -0.0635. The molecule has 0 radical (unpaired) electrons. The summed E-state index contributed by atoms with van der Waals surface area (Å²) in [5.41, 5.74) is -0.0635. The monoisotopic (exact) mass is 212 g/mol. The molecule has 4 nitrogen and oxygen atoms in total. The molecule has 4 heteroatoms. The third-order valence-corrected chi connectivity index (χ3v) is 1.58. The molecule has 0 spiro atoms. The molecule has 0 aromatic carbocycles. The molecule has 0 heterocycles. The van der Waals surface area contributed by atoms with Crippen molar-refractivity contribution in [2.45, 2.75) is 13.8 Å². The van der Waals surface area contributed by atoms with E-state index < -0.39 is 0 Å². The zero-order valence-electron chi connectivity index (χ0n) is 10.9. The first-order valence-electron chi connectivity index (χ1n) is 5.15. The van der Waals surface area contributed by atoms with Crippen LogP contribution in [0.1, 0.15) is 13.8 Å². The Labute approximate surface area is 93.7 Å². The van der Waals surface area contributed by atoms with Crippen molar-refractivity contribution in [3.05, 3.63) is 0 Å². The SMILES string of the molecule is CN(C)C/N=C/C(C)(C)/C=N/CN(C)C. The molecule has 0 N–H and O–H groups in total. The smallest absolute Gasteiger partial charge is 0.0900 e. The molecule has 0 amide bonds. The molecule has 0 aromatic rings. The normalized spacial score (nSPS) is 13.9. The fourth-order valence-corrected chi connectivity index (χ4v) is 0.912. The average molecular weight is 212 g/mol. The van der Waals surface area contributed by atoms with Crippen molar-refractivity contribution in [3.63, 3.8) is 0 Å². The minimum absolute atomic E-state index is 0.0635. The zero-order chi connectivity index (χ0) is 11.9. The lowest BCUT2D eigenvalue weighted by Crippen LogP contribution is -2.19. The molecule has 88 valence electrons. The van der Waals surface area contributed by atoms with Crippen LogP contribution in [-0.4, -0.2) is 63.8 Å². The van der Waals surface area contributed by atoms with Gasteiger partial charge in [0, 0.05) is 17.8 Å². The lowest BCUT2D eigenvalue weighted by molar-refractivity contribution is 0.422. The first-order valence-corrected chi connectivity index (χ1v) is 5.15. The molecule has 0 saturated heterocycles. The third kappa shape index (κ3) is 9.56. The van der Waals surface area contributed by atoms with Crippen LogP contribution in [0.25, 0.3) is 0 Å². The molecule has 15 heavy (non-hydrogen) atoms.